The van der Waals surface area contributed by atoms with Gasteiger partial charge in [-0.2, -0.15) is 0 Å². The summed E-state index contributed by atoms with van der Waals surface area (Å²) in [6.45, 7) is 5.84. The zero-order valence-corrected chi connectivity index (χ0v) is 16.8. The molecule has 0 aliphatic heterocycles. The van der Waals surface area contributed by atoms with E-state index in [0.717, 1.165) is 5.56 Å². The average molecular weight is 395 g/mol. The lowest BCUT2D eigenvalue weighted by Gasteiger charge is -2.07. The molecule has 152 valence electrons. The molecule has 0 bridgehead atoms. The first-order valence-electron chi connectivity index (χ1n) is 9.41. The topological polar surface area (TPSA) is 81.7 Å². The molecule has 1 amide bonds. The van der Waals surface area contributed by atoms with Crippen molar-refractivity contribution in [2.45, 2.75) is 26.7 Å². The molecule has 2 aromatic rings. The van der Waals surface area contributed by atoms with Crippen LogP contribution in [0.2, 0.25) is 0 Å². The number of rotatable bonds is 8. The summed E-state index contributed by atoms with van der Waals surface area (Å²) in [6, 6.07) is 14.1. The fourth-order valence-corrected chi connectivity index (χ4v) is 2.44. The highest BCUT2D eigenvalue weighted by atomic mass is 16.5. The molecule has 0 unspecified atom stereocenters. The number of hydrogen-bond donors (Lipinski definition) is 1. The van der Waals surface area contributed by atoms with Crippen molar-refractivity contribution in [2.75, 3.05) is 18.5 Å². The van der Waals surface area contributed by atoms with Crippen LogP contribution in [0.5, 0.6) is 0 Å². The third kappa shape index (κ3) is 7.25. The maximum atomic E-state index is 11.9. The zero-order chi connectivity index (χ0) is 21.2. The molecule has 0 fully saturated rings. The first-order chi connectivity index (χ1) is 13.9. The van der Waals surface area contributed by atoms with E-state index in [1.54, 1.807) is 37.3 Å². The van der Waals surface area contributed by atoms with Crippen LogP contribution in [0.15, 0.2) is 54.6 Å². The minimum atomic E-state index is -0.606. The zero-order valence-electron chi connectivity index (χ0n) is 16.8. The highest BCUT2D eigenvalue weighted by Crippen LogP contribution is 2.15. The summed E-state index contributed by atoms with van der Waals surface area (Å²) in [5.41, 5.74) is 2.97. The Morgan fingerprint density at radius 3 is 2.21 bits per heavy atom. The van der Waals surface area contributed by atoms with Gasteiger partial charge in [0.15, 0.2) is 6.61 Å². The van der Waals surface area contributed by atoms with Gasteiger partial charge in [0.25, 0.3) is 5.91 Å². The van der Waals surface area contributed by atoms with Crippen LogP contribution in [0.4, 0.5) is 5.69 Å². The molecule has 6 heteroatoms. The molecular weight excluding hydrogens is 370 g/mol. The number of anilines is 1. The molecular formula is C23H25NO5. The molecule has 0 aliphatic rings. The summed E-state index contributed by atoms with van der Waals surface area (Å²) in [6.07, 6.45) is 2.92. The summed E-state index contributed by atoms with van der Waals surface area (Å²) in [4.78, 5) is 35.3. The van der Waals surface area contributed by atoms with E-state index in [2.05, 4.69) is 19.2 Å². The Balaban J connectivity index is 1.79. The summed E-state index contributed by atoms with van der Waals surface area (Å²) in [5.74, 6) is -1.06. The Labute approximate surface area is 170 Å². The lowest BCUT2D eigenvalue weighted by Crippen LogP contribution is -2.20. The molecule has 2 rings (SSSR count). The van der Waals surface area contributed by atoms with Crippen molar-refractivity contribution < 1.29 is 23.9 Å². The number of ether oxygens (including phenoxy) is 2. The molecule has 0 saturated heterocycles. The molecule has 2 aromatic carbocycles. The van der Waals surface area contributed by atoms with Crippen LogP contribution in [0.25, 0.3) is 6.08 Å². The molecule has 0 spiro atoms. The van der Waals surface area contributed by atoms with Crippen molar-refractivity contribution >= 4 is 29.6 Å². The lowest BCUT2D eigenvalue weighted by atomic mass is 10.0. The Morgan fingerprint density at radius 2 is 1.62 bits per heavy atom. The molecule has 0 radical (unpaired) electrons. The number of hydrogen-bond acceptors (Lipinski definition) is 5. The van der Waals surface area contributed by atoms with Gasteiger partial charge in [-0.15, -0.1) is 0 Å². The van der Waals surface area contributed by atoms with Gasteiger partial charge in [0.2, 0.25) is 0 Å². The summed E-state index contributed by atoms with van der Waals surface area (Å²) >= 11 is 0. The summed E-state index contributed by atoms with van der Waals surface area (Å²) in [7, 11) is 0. The first-order valence-corrected chi connectivity index (χ1v) is 9.41. The van der Waals surface area contributed by atoms with Gasteiger partial charge >= 0.3 is 11.9 Å². The van der Waals surface area contributed by atoms with Crippen LogP contribution in [-0.2, 0) is 19.1 Å². The Bertz CT molecular complexity index is 867. The quantitative estimate of drug-likeness (QED) is 0.536. The molecule has 6 nitrogen and oxygen atoms in total. The van der Waals surface area contributed by atoms with Crippen LogP contribution in [0, 0.1) is 0 Å². The Hall–Kier alpha value is -3.41. The van der Waals surface area contributed by atoms with E-state index < -0.39 is 24.5 Å². The van der Waals surface area contributed by atoms with Crippen LogP contribution < -0.4 is 5.32 Å². The van der Waals surface area contributed by atoms with Crippen molar-refractivity contribution in [1.29, 1.82) is 0 Å². The highest BCUT2D eigenvalue weighted by molar-refractivity contribution is 5.95. The number of nitrogens with one attached hydrogen (secondary N) is 1. The number of carbonyl (C=O) groups is 3. The lowest BCUT2D eigenvalue weighted by molar-refractivity contribution is -0.142. The van der Waals surface area contributed by atoms with E-state index in [0.29, 0.717) is 23.8 Å². The molecule has 0 atom stereocenters. The largest absolute Gasteiger partial charge is 0.462 e. The van der Waals surface area contributed by atoms with E-state index in [-0.39, 0.29) is 0 Å². The normalized spacial score (nSPS) is 10.8. The molecule has 29 heavy (non-hydrogen) atoms. The van der Waals surface area contributed by atoms with Crippen molar-refractivity contribution in [1.82, 2.24) is 0 Å². The maximum Gasteiger partial charge on any atom is 0.338 e. The Morgan fingerprint density at radius 1 is 0.966 bits per heavy atom. The fourth-order valence-electron chi connectivity index (χ4n) is 2.44. The van der Waals surface area contributed by atoms with Gasteiger partial charge in [-0.05, 0) is 54.3 Å². The van der Waals surface area contributed by atoms with Crippen LogP contribution in [0.1, 0.15) is 48.2 Å². The average Bonchev–Trinajstić information content (AvgIpc) is 2.71. The predicted octanol–water partition coefficient (Wildman–Crippen LogP) is 4.18. The molecule has 0 aromatic heterocycles. The third-order valence-corrected chi connectivity index (χ3v) is 4.04. The highest BCUT2D eigenvalue weighted by Gasteiger charge is 2.08. The van der Waals surface area contributed by atoms with Crippen molar-refractivity contribution in [3.8, 4) is 0 Å². The van der Waals surface area contributed by atoms with Gasteiger partial charge in [0.05, 0.1) is 12.2 Å². The second-order valence-corrected chi connectivity index (χ2v) is 6.61. The summed E-state index contributed by atoms with van der Waals surface area (Å²) < 4.78 is 9.84. The molecule has 0 aliphatic carbocycles. The number of benzene rings is 2. The standard InChI is InChI=1S/C23H25NO5/c1-4-28-23(27)19-10-12-20(13-11-19)24-21(25)15-29-22(26)14-7-17-5-8-18(9-6-17)16(2)3/h5-14,16H,4,15H2,1-3H3,(H,24,25). The number of amides is 1. The molecule has 0 saturated carbocycles. The van der Waals surface area contributed by atoms with Crippen LogP contribution in [0.3, 0.4) is 0 Å². The van der Waals surface area contributed by atoms with E-state index in [9.17, 15) is 14.4 Å². The van der Waals surface area contributed by atoms with Gasteiger partial charge in [-0.25, -0.2) is 9.59 Å². The van der Waals surface area contributed by atoms with Gasteiger partial charge in [-0.3, -0.25) is 4.79 Å². The minimum Gasteiger partial charge on any atom is -0.462 e. The second kappa shape index (κ2) is 10.8. The molecule has 0 heterocycles. The Kier molecular flexibility index (Phi) is 8.15. The van der Waals surface area contributed by atoms with Gasteiger partial charge in [0, 0.05) is 11.8 Å². The van der Waals surface area contributed by atoms with Gasteiger partial charge in [0.1, 0.15) is 0 Å². The smallest absolute Gasteiger partial charge is 0.338 e. The summed E-state index contributed by atoms with van der Waals surface area (Å²) in [5, 5.41) is 2.59. The van der Waals surface area contributed by atoms with E-state index in [1.807, 2.05) is 24.3 Å². The fraction of sp³-hybridized carbons (Fsp3) is 0.261. The van der Waals surface area contributed by atoms with E-state index in [4.69, 9.17) is 9.47 Å². The third-order valence-electron chi connectivity index (χ3n) is 4.04. The maximum absolute atomic E-state index is 11.9. The van der Waals surface area contributed by atoms with Crippen molar-refractivity contribution in [2.24, 2.45) is 0 Å². The SMILES string of the molecule is CCOC(=O)c1ccc(NC(=O)COC(=O)C=Cc2ccc(C(C)C)cc2)cc1. The van der Waals surface area contributed by atoms with Crippen molar-refractivity contribution in [3.63, 3.8) is 0 Å². The van der Waals surface area contributed by atoms with Gasteiger partial charge < -0.3 is 14.8 Å². The van der Waals surface area contributed by atoms with E-state index in [1.165, 1.54) is 11.6 Å². The van der Waals surface area contributed by atoms with Crippen LogP contribution in [-0.4, -0.2) is 31.1 Å². The molecule has 1 N–H and O–H groups in total. The minimum absolute atomic E-state index is 0.292. The second-order valence-electron chi connectivity index (χ2n) is 6.61. The first kappa shape index (κ1) is 21.9. The van der Waals surface area contributed by atoms with Crippen molar-refractivity contribution in [3.05, 3.63) is 71.3 Å². The number of carbonyl (C=O) groups excluding carboxylic acids is 3. The number of esters is 2. The monoisotopic (exact) mass is 395 g/mol. The predicted molar refractivity (Wildman–Crippen MR) is 112 cm³/mol. The van der Waals surface area contributed by atoms with Gasteiger partial charge in [-0.1, -0.05) is 38.1 Å². The van der Waals surface area contributed by atoms with E-state index >= 15 is 0 Å². The van der Waals surface area contributed by atoms with Crippen LogP contribution >= 0.6 is 0 Å².